The van der Waals surface area contributed by atoms with Crippen LogP contribution in [-0.2, 0) is 11.2 Å². The van der Waals surface area contributed by atoms with Gasteiger partial charge in [-0.2, -0.15) is 5.26 Å². The molecular formula is C18H26N4O2. The van der Waals surface area contributed by atoms with Crippen LogP contribution in [0.2, 0.25) is 0 Å². The third-order valence-corrected chi connectivity index (χ3v) is 4.25. The predicted molar refractivity (Wildman–Crippen MR) is 93.8 cm³/mol. The molecule has 1 heterocycles. The van der Waals surface area contributed by atoms with Gasteiger partial charge in [-0.05, 0) is 23.6 Å². The summed E-state index contributed by atoms with van der Waals surface area (Å²) in [6.45, 7) is 8.28. The van der Waals surface area contributed by atoms with E-state index in [1.54, 1.807) is 0 Å². The summed E-state index contributed by atoms with van der Waals surface area (Å²) >= 11 is 0. The van der Waals surface area contributed by atoms with Crippen LogP contribution in [0.4, 0.5) is 10.5 Å². The van der Waals surface area contributed by atoms with Crippen LogP contribution in [0.3, 0.4) is 0 Å². The van der Waals surface area contributed by atoms with Crippen LogP contribution in [0.25, 0.3) is 0 Å². The van der Waals surface area contributed by atoms with Gasteiger partial charge in [-0.1, -0.05) is 26.0 Å². The fourth-order valence-electron chi connectivity index (χ4n) is 2.87. The second-order valence-corrected chi connectivity index (χ2v) is 6.33. The van der Waals surface area contributed by atoms with Crippen molar-refractivity contribution in [3.8, 4) is 6.07 Å². The maximum absolute atomic E-state index is 12.1. The number of morpholine rings is 1. The normalized spacial score (nSPS) is 16.4. The average molecular weight is 330 g/mol. The molecule has 1 aliphatic rings. The number of hydrogen-bond acceptors (Lipinski definition) is 4. The van der Waals surface area contributed by atoms with Crippen molar-refractivity contribution in [1.29, 1.82) is 5.26 Å². The first-order valence-electron chi connectivity index (χ1n) is 8.42. The number of nitrogens with zero attached hydrogens (tertiary/aromatic N) is 2. The van der Waals surface area contributed by atoms with Crippen LogP contribution >= 0.6 is 0 Å². The number of hydrogen-bond donors (Lipinski definition) is 2. The maximum atomic E-state index is 12.1. The van der Waals surface area contributed by atoms with Gasteiger partial charge in [0.1, 0.15) is 0 Å². The molecule has 1 aromatic carbocycles. The van der Waals surface area contributed by atoms with Gasteiger partial charge in [-0.25, -0.2) is 4.79 Å². The molecule has 2 amide bonds. The molecule has 2 N–H and O–H groups in total. The Labute approximate surface area is 143 Å². The van der Waals surface area contributed by atoms with E-state index < -0.39 is 0 Å². The molecule has 1 aromatic rings. The van der Waals surface area contributed by atoms with Gasteiger partial charge in [0.15, 0.2) is 0 Å². The largest absolute Gasteiger partial charge is 0.379 e. The molecule has 0 spiro atoms. The van der Waals surface area contributed by atoms with Gasteiger partial charge in [0.25, 0.3) is 0 Å². The molecule has 130 valence electrons. The Morgan fingerprint density at radius 1 is 1.29 bits per heavy atom. The van der Waals surface area contributed by atoms with Crippen LogP contribution in [0, 0.1) is 17.2 Å². The summed E-state index contributed by atoms with van der Waals surface area (Å²) in [5.41, 5.74) is 1.66. The summed E-state index contributed by atoms with van der Waals surface area (Å²) in [4.78, 5) is 14.5. The molecule has 0 radical (unpaired) electrons. The number of nitrogens with one attached hydrogen (secondary N) is 2. The summed E-state index contributed by atoms with van der Waals surface area (Å²) in [5, 5.41) is 14.5. The zero-order chi connectivity index (χ0) is 17.4. The third kappa shape index (κ3) is 5.52. The zero-order valence-corrected chi connectivity index (χ0v) is 14.4. The van der Waals surface area contributed by atoms with E-state index in [1.165, 1.54) is 0 Å². The lowest BCUT2D eigenvalue weighted by Gasteiger charge is -2.36. The molecule has 0 aliphatic carbocycles. The number of amides is 2. The lowest BCUT2D eigenvalue weighted by atomic mass is 10.0. The summed E-state index contributed by atoms with van der Waals surface area (Å²) in [6, 6.07) is 9.53. The molecule has 0 bridgehead atoms. The highest BCUT2D eigenvalue weighted by molar-refractivity contribution is 5.89. The van der Waals surface area contributed by atoms with Crippen molar-refractivity contribution in [2.45, 2.75) is 26.3 Å². The Morgan fingerprint density at radius 2 is 1.96 bits per heavy atom. The van der Waals surface area contributed by atoms with Crippen LogP contribution in [0.5, 0.6) is 0 Å². The minimum absolute atomic E-state index is 0.207. The molecule has 6 nitrogen and oxygen atoms in total. The third-order valence-electron chi connectivity index (χ3n) is 4.25. The zero-order valence-electron chi connectivity index (χ0n) is 14.4. The fourth-order valence-corrected chi connectivity index (χ4v) is 2.87. The van der Waals surface area contributed by atoms with Crippen LogP contribution in [-0.4, -0.2) is 49.8 Å². The average Bonchev–Trinajstić information content (AvgIpc) is 2.58. The minimum Gasteiger partial charge on any atom is -0.379 e. The number of nitriles is 1. The minimum atomic E-state index is -0.207. The number of anilines is 1. The van der Waals surface area contributed by atoms with E-state index in [1.807, 2.05) is 24.3 Å². The Bertz CT molecular complexity index is 559. The molecule has 1 aliphatic heterocycles. The molecule has 1 fully saturated rings. The number of urea groups is 1. The fraction of sp³-hybridized carbons (Fsp3) is 0.556. The van der Waals surface area contributed by atoms with E-state index >= 15 is 0 Å². The van der Waals surface area contributed by atoms with Gasteiger partial charge in [0, 0.05) is 31.4 Å². The summed E-state index contributed by atoms with van der Waals surface area (Å²) in [6.07, 6.45) is 0.377. The molecule has 2 rings (SSSR count). The molecule has 24 heavy (non-hydrogen) atoms. The van der Waals surface area contributed by atoms with Gasteiger partial charge >= 0.3 is 6.03 Å². The van der Waals surface area contributed by atoms with E-state index in [0.717, 1.165) is 37.6 Å². The smallest absolute Gasteiger partial charge is 0.319 e. The molecule has 1 saturated heterocycles. The Kier molecular flexibility index (Phi) is 7.04. The van der Waals surface area contributed by atoms with Crippen LogP contribution in [0.15, 0.2) is 24.3 Å². The van der Waals surface area contributed by atoms with Crippen molar-refractivity contribution in [1.82, 2.24) is 10.2 Å². The predicted octanol–water partition coefficient (Wildman–Crippen LogP) is 2.23. The lowest BCUT2D eigenvalue weighted by molar-refractivity contribution is 0.00728. The van der Waals surface area contributed by atoms with Gasteiger partial charge in [0.05, 0.1) is 25.7 Å². The van der Waals surface area contributed by atoms with Gasteiger partial charge in [-0.3, -0.25) is 4.90 Å². The van der Waals surface area contributed by atoms with E-state index in [4.69, 9.17) is 10.00 Å². The Morgan fingerprint density at radius 3 is 2.54 bits per heavy atom. The van der Waals surface area contributed by atoms with E-state index in [-0.39, 0.29) is 6.03 Å². The monoisotopic (exact) mass is 330 g/mol. The lowest BCUT2D eigenvalue weighted by Crippen LogP contribution is -2.51. The SMILES string of the molecule is CC(C)C(CNC(=O)Nc1ccc(CC#N)cc1)N1CCOCC1. The van der Waals surface area contributed by atoms with Crippen LogP contribution < -0.4 is 10.6 Å². The number of carbonyl (C=O) groups is 1. The molecule has 0 saturated carbocycles. The Hall–Kier alpha value is -2.10. The quantitative estimate of drug-likeness (QED) is 0.838. The molecule has 1 atom stereocenters. The second-order valence-electron chi connectivity index (χ2n) is 6.33. The highest BCUT2D eigenvalue weighted by Gasteiger charge is 2.24. The summed E-state index contributed by atoms with van der Waals surface area (Å²) in [5.74, 6) is 0.452. The topological polar surface area (TPSA) is 77.4 Å². The summed E-state index contributed by atoms with van der Waals surface area (Å²) < 4.78 is 5.40. The van der Waals surface area contributed by atoms with Crippen molar-refractivity contribution in [2.75, 3.05) is 38.2 Å². The molecule has 0 aromatic heterocycles. The van der Waals surface area contributed by atoms with E-state index in [9.17, 15) is 4.79 Å². The van der Waals surface area contributed by atoms with Gasteiger partial charge in [0.2, 0.25) is 0 Å². The number of rotatable bonds is 6. The van der Waals surface area contributed by atoms with Gasteiger partial charge in [-0.15, -0.1) is 0 Å². The Balaban J connectivity index is 1.83. The number of ether oxygens (including phenoxy) is 1. The van der Waals surface area contributed by atoms with Gasteiger partial charge < -0.3 is 15.4 Å². The molecule has 6 heteroatoms. The van der Waals surface area contributed by atoms with Crippen molar-refractivity contribution in [3.05, 3.63) is 29.8 Å². The summed E-state index contributed by atoms with van der Waals surface area (Å²) in [7, 11) is 0. The second kappa shape index (κ2) is 9.26. The van der Waals surface area contributed by atoms with E-state index in [0.29, 0.717) is 24.9 Å². The first-order valence-corrected chi connectivity index (χ1v) is 8.42. The van der Waals surface area contributed by atoms with Crippen molar-refractivity contribution < 1.29 is 9.53 Å². The number of benzene rings is 1. The standard InChI is InChI=1S/C18H26N4O2/c1-14(2)17(22-9-11-24-12-10-22)13-20-18(23)21-16-5-3-15(4-6-16)7-8-19/h3-6,14,17H,7,9-13H2,1-2H3,(H2,20,21,23). The molecule has 1 unspecified atom stereocenters. The number of carbonyl (C=O) groups excluding carboxylic acids is 1. The first-order chi connectivity index (χ1) is 11.6. The highest BCUT2D eigenvalue weighted by Crippen LogP contribution is 2.13. The maximum Gasteiger partial charge on any atom is 0.319 e. The van der Waals surface area contributed by atoms with Crippen LogP contribution in [0.1, 0.15) is 19.4 Å². The molecular weight excluding hydrogens is 304 g/mol. The van der Waals surface area contributed by atoms with E-state index in [2.05, 4.69) is 35.5 Å². The van der Waals surface area contributed by atoms with Crippen molar-refractivity contribution >= 4 is 11.7 Å². The van der Waals surface area contributed by atoms with Crippen molar-refractivity contribution in [2.24, 2.45) is 5.92 Å². The highest BCUT2D eigenvalue weighted by atomic mass is 16.5. The first kappa shape index (κ1) is 18.2. The van der Waals surface area contributed by atoms with Crippen molar-refractivity contribution in [3.63, 3.8) is 0 Å².